The molecule has 2 aromatic heterocycles. The van der Waals surface area contributed by atoms with Crippen LogP contribution in [0, 0.1) is 0 Å². The minimum absolute atomic E-state index is 0.727. The van der Waals surface area contributed by atoms with Gasteiger partial charge in [-0.25, -0.2) is 4.98 Å². The summed E-state index contributed by atoms with van der Waals surface area (Å²) in [6, 6.07) is 1.93. The normalized spacial score (nSPS) is 10.6. The summed E-state index contributed by atoms with van der Waals surface area (Å²) in [6.45, 7) is 1.52. The van der Waals surface area contributed by atoms with Crippen molar-refractivity contribution in [2.45, 2.75) is 13.1 Å². The number of furan rings is 1. The lowest BCUT2D eigenvalue weighted by Gasteiger charge is -1.98. The largest absolute Gasteiger partial charge is 0.472 e. The first-order valence-electron chi connectivity index (χ1n) is 4.16. The van der Waals surface area contributed by atoms with Gasteiger partial charge in [-0.2, -0.15) is 0 Å². The van der Waals surface area contributed by atoms with Gasteiger partial charge in [-0.1, -0.05) is 11.6 Å². The summed E-state index contributed by atoms with van der Waals surface area (Å²) in [7, 11) is 0. The first-order chi connectivity index (χ1) is 6.84. The Labute approximate surface area is 90.7 Å². The van der Waals surface area contributed by atoms with Crippen LogP contribution < -0.4 is 5.32 Å². The predicted octanol–water partition coefficient (Wildman–Crippen LogP) is 2.68. The second-order valence-electron chi connectivity index (χ2n) is 2.79. The van der Waals surface area contributed by atoms with Gasteiger partial charge in [0.15, 0.2) is 0 Å². The van der Waals surface area contributed by atoms with Crippen LogP contribution in [0.5, 0.6) is 0 Å². The summed E-state index contributed by atoms with van der Waals surface area (Å²) < 4.78 is 5.67. The van der Waals surface area contributed by atoms with E-state index in [9.17, 15) is 0 Å². The van der Waals surface area contributed by atoms with Crippen LogP contribution in [0.15, 0.2) is 29.2 Å². The van der Waals surface area contributed by atoms with Crippen LogP contribution >= 0.6 is 22.9 Å². The molecule has 5 heteroatoms. The molecule has 0 saturated heterocycles. The van der Waals surface area contributed by atoms with Gasteiger partial charge in [-0.15, -0.1) is 11.3 Å². The first kappa shape index (κ1) is 9.71. The summed E-state index contributed by atoms with van der Waals surface area (Å²) in [6.07, 6.45) is 5.06. The molecule has 0 aliphatic heterocycles. The Balaban J connectivity index is 1.78. The minimum atomic E-state index is 0.727. The predicted molar refractivity (Wildman–Crippen MR) is 56.4 cm³/mol. The van der Waals surface area contributed by atoms with Crippen molar-refractivity contribution in [1.29, 1.82) is 0 Å². The number of aromatic nitrogens is 1. The Morgan fingerprint density at radius 2 is 2.43 bits per heavy atom. The van der Waals surface area contributed by atoms with Crippen molar-refractivity contribution in [1.82, 2.24) is 10.3 Å². The zero-order chi connectivity index (χ0) is 9.80. The second-order valence-corrected chi connectivity index (χ2v) is 4.54. The van der Waals surface area contributed by atoms with Crippen molar-refractivity contribution in [3.05, 3.63) is 39.7 Å². The zero-order valence-electron chi connectivity index (χ0n) is 7.37. The highest BCUT2D eigenvalue weighted by Crippen LogP contribution is 2.17. The topological polar surface area (TPSA) is 38.1 Å². The lowest BCUT2D eigenvalue weighted by molar-refractivity contribution is 0.560. The Bertz CT molecular complexity index is 385. The fraction of sp³-hybridized carbons (Fsp3) is 0.222. The number of nitrogens with zero attached hydrogens (tertiary/aromatic N) is 1. The van der Waals surface area contributed by atoms with E-state index >= 15 is 0 Å². The molecule has 0 saturated carbocycles. The van der Waals surface area contributed by atoms with Crippen LogP contribution in [0.4, 0.5) is 0 Å². The summed E-state index contributed by atoms with van der Waals surface area (Å²) >= 11 is 7.25. The van der Waals surface area contributed by atoms with Crippen molar-refractivity contribution < 1.29 is 4.42 Å². The molecule has 1 N–H and O–H groups in total. The third-order valence-electron chi connectivity index (χ3n) is 1.71. The van der Waals surface area contributed by atoms with Gasteiger partial charge in [0.25, 0.3) is 0 Å². The highest BCUT2D eigenvalue weighted by molar-refractivity contribution is 7.15. The Kier molecular flexibility index (Phi) is 3.18. The number of hydrogen-bond donors (Lipinski definition) is 1. The number of nitrogens with one attached hydrogen (secondary N) is 1. The van der Waals surface area contributed by atoms with Crippen molar-refractivity contribution in [3.63, 3.8) is 0 Å². The average Bonchev–Trinajstić information content (AvgIpc) is 2.77. The number of rotatable bonds is 4. The second kappa shape index (κ2) is 4.59. The molecule has 14 heavy (non-hydrogen) atoms. The van der Waals surface area contributed by atoms with Crippen LogP contribution in [0.1, 0.15) is 10.6 Å². The van der Waals surface area contributed by atoms with E-state index in [0.717, 1.165) is 28.0 Å². The molecule has 0 aliphatic rings. The smallest absolute Gasteiger partial charge is 0.113 e. The molecule has 0 aromatic carbocycles. The SMILES string of the molecule is Clc1cnc(CNCc2ccoc2)s1. The maximum Gasteiger partial charge on any atom is 0.113 e. The van der Waals surface area contributed by atoms with Gasteiger partial charge < -0.3 is 9.73 Å². The van der Waals surface area contributed by atoms with Crippen molar-refractivity contribution in [3.8, 4) is 0 Å². The van der Waals surface area contributed by atoms with Crippen molar-refractivity contribution in [2.24, 2.45) is 0 Å². The van der Waals surface area contributed by atoms with E-state index in [-0.39, 0.29) is 0 Å². The fourth-order valence-electron chi connectivity index (χ4n) is 1.08. The molecule has 0 aliphatic carbocycles. The summed E-state index contributed by atoms with van der Waals surface area (Å²) in [5.74, 6) is 0. The Morgan fingerprint density at radius 3 is 3.07 bits per heavy atom. The molecule has 0 fully saturated rings. The molecular formula is C9H9ClN2OS. The molecule has 0 amide bonds. The lowest BCUT2D eigenvalue weighted by atomic mass is 10.3. The third kappa shape index (κ3) is 2.57. The van der Waals surface area contributed by atoms with E-state index in [0.29, 0.717) is 0 Å². The molecule has 0 atom stereocenters. The quantitative estimate of drug-likeness (QED) is 0.875. The minimum Gasteiger partial charge on any atom is -0.472 e. The molecule has 0 spiro atoms. The highest BCUT2D eigenvalue weighted by Gasteiger charge is 1.99. The third-order valence-corrected chi connectivity index (χ3v) is 2.83. The van der Waals surface area contributed by atoms with Gasteiger partial charge >= 0.3 is 0 Å². The Morgan fingerprint density at radius 1 is 1.50 bits per heavy atom. The molecule has 0 bridgehead atoms. The number of hydrogen-bond acceptors (Lipinski definition) is 4. The molecule has 2 aromatic rings. The fourth-order valence-corrected chi connectivity index (χ4v) is 2.00. The van der Waals surface area contributed by atoms with E-state index in [4.69, 9.17) is 16.0 Å². The lowest BCUT2D eigenvalue weighted by Crippen LogP contribution is -2.11. The Hall–Kier alpha value is -0.840. The van der Waals surface area contributed by atoms with Crippen LogP contribution in [0.2, 0.25) is 4.34 Å². The van der Waals surface area contributed by atoms with Gasteiger partial charge in [0.1, 0.15) is 9.34 Å². The monoisotopic (exact) mass is 228 g/mol. The van der Waals surface area contributed by atoms with Crippen LogP contribution in [-0.2, 0) is 13.1 Å². The van der Waals surface area contributed by atoms with Crippen molar-refractivity contribution >= 4 is 22.9 Å². The van der Waals surface area contributed by atoms with Crippen molar-refractivity contribution in [2.75, 3.05) is 0 Å². The van der Waals surface area contributed by atoms with E-state index < -0.39 is 0 Å². The van der Waals surface area contributed by atoms with Gasteiger partial charge in [0.05, 0.1) is 18.7 Å². The van der Waals surface area contributed by atoms with E-state index in [2.05, 4.69) is 10.3 Å². The van der Waals surface area contributed by atoms with E-state index in [1.807, 2.05) is 6.07 Å². The van der Waals surface area contributed by atoms with Crippen LogP contribution in [0.25, 0.3) is 0 Å². The summed E-state index contributed by atoms with van der Waals surface area (Å²) in [4.78, 5) is 4.14. The van der Waals surface area contributed by atoms with Gasteiger partial charge in [-0.05, 0) is 6.07 Å². The van der Waals surface area contributed by atoms with Gasteiger partial charge in [0, 0.05) is 18.7 Å². The van der Waals surface area contributed by atoms with Crippen LogP contribution in [0.3, 0.4) is 0 Å². The molecular weight excluding hydrogens is 220 g/mol. The van der Waals surface area contributed by atoms with Gasteiger partial charge in [-0.3, -0.25) is 0 Å². The zero-order valence-corrected chi connectivity index (χ0v) is 8.94. The summed E-state index contributed by atoms with van der Waals surface area (Å²) in [5, 5.41) is 4.25. The maximum absolute atomic E-state index is 5.75. The van der Waals surface area contributed by atoms with Crippen LogP contribution in [-0.4, -0.2) is 4.98 Å². The average molecular weight is 229 g/mol. The molecule has 74 valence electrons. The molecule has 2 heterocycles. The number of halogens is 1. The first-order valence-corrected chi connectivity index (χ1v) is 5.36. The summed E-state index contributed by atoms with van der Waals surface area (Å²) in [5.41, 5.74) is 1.13. The van der Waals surface area contributed by atoms with E-state index in [1.54, 1.807) is 18.7 Å². The standard InChI is InChI=1S/C9H9ClN2OS/c10-8-4-12-9(14-8)5-11-3-7-1-2-13-6-7/h1-2,4,6,11H,3,5H2. The molecule has 2 rings (SSSR count). The highest BCUT2D eigenvalue weighted by atomic mass is 35.5. The molecule has 3 nitrogen and oxygen atoms in total. The van der Waals surface area contributed by atoms with Gasteiger partial charge in [0.2, 0.25) is 0 Å². The maximum atomic E-state index is 5.75. The van der Waals surface area contributed by atoms with E-state index in [1.165, 1.54) is 11.3 Å². The molecule has 0 radical (unpaired) electrons. The number of thiazole rings is 1. The molecule has 0 unspecified atom stereocenters.